The minimum absolute atomic E-state index is 0.112. The molecular weight excluding hydrogens is 352 g/mol. The Bertz CT molecular complexity index is 993. The van der Waals surface area contributed by atoms with Crippen LogP contribution in [0.2, 0.25) is 5.02 Å². The summed E-state index contributed by atoms with van der Waals surface area (Å²) < 4.78 is 25.7. The second-order valence-electron chi connectivity index (χ2n) is 5.45. The minimum atomic E-state index is -3.54. The van der Waals surface area contributed by atoms with E-state index in [0.717, 1.165) is 28.0 Å². The van der Waals surface area contributed by atoms with Gasteiger partial charge in [0, 0.05) is 16.1 Å². The molecule has 0 spiro atoms. The number of thiophene rings is 1. The van der Waals surface area contributed by atoms with Gasteiger partial charge in [-0.05, 0) is 43.2 Å². The number of nitrogens with two attached hydrogens (primary N) is 1. The maximum absolute atomic E-state index is 12.7. The van der Waals surface area contributed by atoms with Gasteiger partial charge in [0.25, 0.3) is 0 Å². The zero-order valence-corrected chi connectivity index (χ0v) is 15.0. The molecule has 0 bridgehead atoms. The maximum atomic E-state index is 12.7. The molecule has 0 atom stereocenters. The molecule has 2 heterocycles. The average Bonchev–Trinajstić information content (AvgIpc) is 2.79. The number of halogens is 1. The van der Waals surface area contributed by atoms with Gasteiger partial charge < -0.3 is 5.73 Å². The summed E-state index contributed by atoms with van der Waals surface area (Å²) in [4.78, 5) is 5.07. The summed E-state index contributed by atoms with van der Waals surface area (Å²) in [6.07, 6.45) is 0. The SMILES string of the molecule is Cc1cc(C)c2c(N)c(S(=O)(=O)Cc3ccc(Cl)cc3)sc2n1. The molecule has 0 aliphatic rings. The Labute approximate surface area is 143 Å². The highest BCUT2D eigenvalue weighted by Crippen LogP contribution is 2.39. The second-order valence-corrected chi connectivity index (χ2v) is 9.07. The highest BCUT2D eigenvalue weighted by atomic mass is 35.5. The van der Waals surface area contributed by atoms with Gasteiger partial charge in [0.2, 0.25) is 0 Å². The fourth-order valence-corrected chi connectivity index (χ4v) is 5.74. The summed E-state index contributed by atoms with van der Waals surface area (Å²) in [6, 6.07) is 8.67. The topological polar surface area (TPSA) is 73.1 Å². The molecule has 2 aromatic heterocycles. The number of hydrogen-bond acceptors (Lipinski definition) is 5. The number of sulfone groups is 1. The number of pyridine rings is 1. The Balaban J connectivity index is 2.09. The van der Waals surface area contributed by atoms with Crippen molar-refractivity contribution in [3.05, 3.63) is 52.2 Å². The van der Waals surface area contributed by atoms with Crippen molar-refractivity contribution in [3.63, 3.8) is 0 Å². The van der Waals surface area contributed by atoms with Crippen LogP contribution in [0, 0.1) is 13.8 Å². The number of nitrogen functional groups attached to an aromatic ring is 1. The Morgan fingerprint density at radius 3 is 2.52 bits per heavy atom. The lowest BCUT2D eigenvalue weighted by Gasteiger charge is -2.04. The van der Waals surface area contributed by atoms with E-state index in [2.05, 4.69) is 4.98 Å². The molecule has 3 aromatic rings. The summed E-state index contributed by atoms with van der Waals surface area (Å²) in [5.41, 5.74) is 8.88. The number of aryl methyl sites for hydroxylation is 2. The normalized spacial score (nSPS) is 12.0. The van der Waals surface area contributed by atoms with Crippen LogP contribution >= 0.6 is 22.9 Å². The van der Waals surface area contributed by atoms with Crippen molar-refractivity contribution in [2.24, 2.45) is 0 Å². The van der Waals surface area contributed by atoms with E-state index in [-0.39, 0.29) is 9.96 Å². The Hall–Kier alpha value is -1.63. The van der Waals surface area contributed by atoms with Crippen molar-refractivity contribution in [2.45, 2.75) is 23.8 Å². The van der Waals surface area contributed by atoms with Crippen molar-refractivity contribution < 1.29 is 8.42 Å². The van der Waals surface area contributed by atoms with E-state index in [9.17, 15) is 8.42 Å². The molecule has 7 heteroatoms. The molecule has 0 radical (unpaired) electrons. The first-order chi connectivity index (χ1) is 10.8. The molecule has 0 unspecified atom stereocenters. The van der Waals surface area contributed by atoms with Gasteiger partial charge in [-0.3, -0.25) is 0 Å². The monoisotopic (exact) mass is 366 g/mol. The molecule has 120 valence electrons. The van der Waals surface area contributed by atoms with Gasteiger partial charge in [-0.25, -0.2) is 13.4 Å². The fraction of sp³-hybridized carbons (Fsp3) is 0.188. The van der Waals surface area contributed by atoms with E-state index in [4.69, 9.17) is 17.3 Å². The largest absolute Gasteiger partial charge is 0.396 e. The van der Waals surface area contributed by atoms with Crippen LogP contribution in [0.3, 0.4) is 0 Å². The average molecular weight is 367 g/mol. The van der Waals surface area contributed by atoms with Gasteiger partial charge in [-0.1, -0.05) is 23.7 Å². The van der Waals surface area contributed by atoms with Crippen molar-refractivity contribution in [3.8, 4) is 0 Å². The van der Waals surface area contributed by atoms with Gasteiger partial charge in [-0.15, -0.1) is 11.3 Å². The molecule has 2 N–H and O–H groups in total. The highest BCUT2D eigenvalue weighted by molar-refractivity contribution is 7.93. The van der Waals surface area contributed by atoms with Crippen molar-refractivity contribution in [1.29, 1.82) is 0 Å². The minimum Gasteiger partial charge on any atom is -0.396 e. The molecule has 0 aliphatic carbocycles. The number of aromatic nitrogens is 1. The first-order valence-corrected chi connectivity index (χ1v) is 9.76. The lowest BCUT2D eigenvalue weighted by molar-refractivity contribution is 0.597. The van der Waals surface area contributed by atoms with Crippen LogP contribution in [-0.2, 0) is 15.6 Å². The number of nitrogens with zero attached hydrogens (tertiary/aromatic N) is 1. The molecule has 0 aliphatic heterocycles. The molecular formula is C16H15ClN2O2S2. The van der Waals surface area contributed by atoms with Crippen molar-refractivity contribution >= 4 is 48.7 Å². The molecule has 4 nitrogen and oxygen atoms in total. The predicted octanol–water partition coefficient (Wildman–Crippen LogP) is 4.12. The Morgan fingerprint density at radius 1 is 1.22 bits per heavy atom. The van der Waals surface area contributed by atoms with Crippen LogP contribution < -0.4 is 5.73 Å². The third-order valence-electron chi connectivity index (χ3n) is 3.54. The zero-order valence-electron chi connectivity index (χ0n) is 12.6. The zero-order chi connectivity index (χ0) is 16.8. The van der Waals surface area contributed by atoms with Gasteiger partial charge in [0.15, 0.2) is 9.84 Å². The van der Waals surface area contributed by atoms with Crippen LogP contribution in [0.4, 0.5) is 5.69 Å². The quantitative estimate of drug-likeness (QED) is 0.756. The van der Waals surface area contributed by atoms with E-state index < -0.39 is 9.84 Å². The van der Waals surface area contributed by atoms with Gasteiger partial charge in [0.05, 0.1) is 11.4 Å². The first-order valence-electron chi connectivity index (χ1n) is 6.91. The van der Waals surface area contributed by atoms with Crippen molar-refractivity contribution in [1.82, 2.24) is 4.98 Å². The lowest BCUT2D eigenvalue weighted by atomic mass is 10.2. The van der Waals surface area contributed by atoms with Gasteiger partial charge in [0.1, 0.15) is 9.04 Å². The van der Waals surface area contributed by atoms with Crippen LogP contribution in [0.15, 0.2) is 34.5 Å². The molecule has 1 aromatic carbocycles. The first kappa shape index (κ1) is 16.2. The number of fused-ring (bicyclic) bond motifs is 1. The van der Waals surface area contributed by atoms with Crippen LogP contribution in [0.1, 0.15) is 16.8 Å². The number of rotatable bonds is 3. The molecule has 0 saturated heterocycles. The second kappa shape index (κ2) is 5.78. The molecule has 0 amide bonds. The van der Waals surface area contributed by atoms with E-state index in [1.165, 1.54) is 0 Å². The molecule has 0 fully saturated rings. The van der Waals surface area contributed by atoms with Crippen molar-refractivity contribution in [2.75, 3.05) is 5.73 Å². The number of hydrogen-bond donors (Lipinski definition) is 1. The van der Waals surface area contributed by atoms with E-state index in [0.29, 0.717) is 21.1 Å². The fourth-order valence-electron chi connectivity index (χ4n) is 2.55. The molecule has 3 rings (SSSR count). The summed E-state index contributed by atoms with van der Waals surface area (Å²) >= 11 is 6.97. The Kier molecular flexibility index (Phi) is 4.08. The maximum Gasteiger partial charge on any atom is 0.194 e. The third kappa shape index (κ3) is 3.06. The van der Waals surface area contributed by atoms with Gasteiger partial charge in [-0.2, -0.15) is 0 Å². The summed E-state index contributed by atoms with van der Waals surface area (Å²) in [7, 11) is -3.54. The van der Waals surface area contributed by atoms with Crippen LogP contribution in [0.5, 0.6) is 0 Å². The smallest absolute Gasteiger partial charge is 0.194 e. The highest BCUT2D eigenvalue weighted by Gasteiger charge is 2.24. The summed E-state index contributed by atoms with van der Waals surface area (Å²) in [6.45, 7) is 3.79. The van der Waals surface area contributed by atoms with E-state index in [1.807, 2.05) is 19.9 Å². The van der Waals surface area contributed by atoms with Crippen LogP contribution in [0.25, 0.3) is 10.2 Å². The number of anilines is 1. The van der Waals surface area contributed by atoms with Crippen LogP contribution in [-0.4, -0.2) is 13.4 Å². The molecule has 0 saturated carbocycles. The summed E-state index contributed by atoms with van der Waals surface area (Å²) in [5.74, 6) is -0.112. The van der Waals surface area contributed by atoms with E-state index >= 15 is 0 Å². The summed E-state index contributed by atoms with van der Waals surface area (Å²) in [5, 5.41) is 1.30. The van der Waals surface area contributed by atoms with E-state index in [1.54, 1.807) is 24.3 Å². The third-order valence-corrected chi connectivity index (χ3v) is 7.20. The van der Waals surface area contributed by atoms with Gasteiger partial charge >= 0.3 is 0 Å². The number of benzene rings is 1. The standard InChI is InChI=1S/C16H15ClN2O2S2/c1-9-7-10(2)19-15-13(9)14(18)16(22-15)23(20,21)8-11-3-5-12(17)6-4-11/h3-7H,8,18H2,1-2H3. The Morgan fingerprint density at radius 2 is 1.87 bits per heavy atom. The molecule has 23 heavy (non-hydrogen) atoms. The predicted molar refractivity (Wildman–Crippen MR) is 95.8 cm³/mol. The lowest BCUT2D eigenvalue weighted by Crippen LogP contribution is -2.05.